The molecule has 6 heteroatoms. The summed E-state index contributed by atoms with van der Waals surface area (Å²) in [6.45, 7) is 1.82. The first-order valence-electron chi connectivity index (χ1n) is 5.78. The van der Waals surface area contributed by atoms with Gasteiger partial charge in [0.05, 0.1) is 17.2 Å². The van der Waals surface area contributed by atoms with Gasteiger partial charge in [-0.1, -0.05) is 0 Å². The van der Waals surface area contributed by atoms with E-state index in [9.17, 15) is 5.11 Å². The van der Waals surface area contributed by atoms with Crippen molar-refractivity contribution in [3.05, 3.63) is 22.2 Å². The molecule has 18 heavy (non-hydrogen) atoms. The number of hydrogen-bond donors (Lipinski definition) is 3. The number of hydrogen-bond acceptors (Lipinski definition) is 5. The van der Waals surface area contributed by atoms with E-state index in [1.54, 1.807) is 0 Å². The fourth-order valence-corrected chi connectivity index (χ4v) is 2.32. The zero-order valence-electron chi connectivity index (χ0n) is 9.86. The maximum absolute atomic E-state index is 9.22. The molecule has 1 aromatic carbocycles. The van der Waals surface area contributed by atoms with Gasteiger partial charge in [-0.25, -0.2) is 0 Å². The number of halogens is 1. The van der Waals surface area contributed by atoms with Crippen LogP contribution in [0.5, 0.6) is 11.5 Å². The maximum Gasteiger partial charge on any atom is 0.175 e. The Morgan fingerprint density at radius 3 is 2.89 bits per heavy atom. The van der Waals surface area contributed by atoms with Crippen molar-refractivity contribution in [1.29, 1.82) is 0 Å². The van der Waals surface area contributed by atoms with Crippen LogP contribution in [-0.2, 0) is 6.54 Å². The Kier molecular flexibility index (Phi) is 4.82. The topological polar surface area (TPSA) is 71.0 Å². The lowest BCUT2D eigenvalue weighted by molar-refractivity contribution is 0.0942. The molecule has 0 amide bonds. The molecule has 0 fully saturated rings. The zero-order valence-corrected chi connectivity index (χ0v) is 11.4. The summed E-state index contributed by atoms with van der Waals surface area (Å²) >= 11 is 3.45. The second-order valence-corrected chi connectivity index (χ2v) is 4.92. The molecule has 1 heterocycles. The Bertz CT molecular complexity index is 413. The van der Waals surface area contributed by atoms with Crippen LogP contribution in [0, 0.1) is 0 Å². The minimum atomic E-state index is -0.731. The van der Waals surface area contributed by atoms with Gasteiger partial charge in [-0.05, 0) is 33.6 Å². The van der Waals surface area contributed by atoms with Crippen molar-refractivity contribution in [3.63, 3.8) is 0 Å². The summed E-state index contributed by atoms with van der Waals surface area (Å²) in [5.74, 6) is 1.47. The predicted molar refractivity (Wildman–Crippen MR) is 69.9 cm³/mol. The largest absolute Gasteiger partial charge is 0.486 e. The highest BCUT2D eigenvalue weighted by Gasteiger charge is 2.16. The van der Waals surface area contributed by atoms with Gasteiger partial charge in [0, 0.05) is 13.1 Å². The van der Waals surface area contributed by atoms with E-state index in [0.29, 0.717) is 26.3 Å². The van der Waals surface area contributed by atoms with E-state index < -0.39 is 6.10 Å². The lowest BCUT2D eigenvalue weighted by atomic mass is 10.2. The minimum Gasteiger partial charge on any atom is -0.486 e. The SMILES string of the molecule is OCC(O)CNCc1cc(Br)c2c(c1)OCCO2. The summed E-state index contributed by atoms with van der Waals surface area (Å²) in [6, 6.07) is 3.86. The van der Waals surface area contributed by atoms with Crippen LogP contribution in [-0.4, -0.2) is 42.7 Å². The quantitative estimate of drug-likeness (QED) is 0.744. The Morgan fingerprint density at radius 2 is 2.11 bits per heavy atom. The highest BCUT2D eigenvalue weighted by atomic mass is 79.9. The van der Waals surface area contributed by atoms with Crippen LogP contribution in [0.1, 0.15) is 5.56 Å². The van der Waals surface area contributed by atoms with Gasteiger partial charge < -0.3 is 25.0 Å². The molecule has 1 unspecified atom stereocenters. The third kappa shape index (κ3) is 3.35. The summed E-state index contributed by atoms with van der Waals surface area (Å²) < 4.78 is 11.9. The molecule has 1 atom stereocenters. The van der Waals surface area contributed by atoms with E-state index >= 15 is 0 Å². The standard InChI is InChI=1S/C12H16BrNO4/c13-10-3-8(5-14-6-9(16)7-15)4-11-12(10)18-2-1-17-11/h3-4,9,14-16H,1-2,5-7H2. The molecule has 0 bridgehead atoms. The van der Waals surface area contributed by atoms with E-state index in [1.807, 2.05) is 12.1 Å². The summed E-state index contributed by atoms with van der Waals surface area (Å²) in [6.07, 6.45) is -0.731. The van der Waals surface area contributed by atoms with Crippen LogP contribution < -0.4 is 14.8 Å². The van der Waals surface area contributed by atoms with Crippen LogP contribution in [0.25, 0.3) is 0 Å². The number of aliphatic hydroxyl groups excluding tert-OH is 2. The number of benzene rings is 1. The van der Waals surface area contributed by atoms with Crippen molar-refractivity contribution in [2.45, 2.75) is 12.6 Å². The molecule has 0 spiro atoms. The maximum atomic E-state index is 9.22. The smallest absolute Gasteiger partial charge is 0.175 e. The molecule has 1 aliphatic heterocycles. The predicted octanol–water partition coefficient (Wildman–Crippen LogP) is 0.663. The average Bonchev–Trinajstić information content (AvgIpc) is 2.38. The van der Waals surface area contributed by atoms with Crippen LogP contribution in [0.2, 0.25) is 0 Å². The first-order chi connectivity index (χ1) is 8.70. The van der Waals surface area contributed by atoms with E-state index in [0.717, 1.165) is 21.5 Å². The molecule has 0 aliphatic carbocycles. The van der Waals surface area contributed by atoms with Gasteiger partial charge >= 0.3 is 0 Å². The van der Waals surface area contributed by atoms with Crippen molar-refractivity contribution < 1.29 is 19.7 Å². The molecule has 5 nitrogen and oxygen atoms in total. The molecule has 0 radical (unpaired) electrons. The summed E-state index contributed by atoms with van der Waals surface area (Å²) in [5, 5.41) is 21.0. The molecule has 3 N–H and O–H groups in total. The monoisotopic (exact) mass is 317 g/mol. The van der Waals surface area contributed by atoms with E-state index in [-0.39, 0.29) is 6.61 Å². The Morgan fingerprint density at radius 1 is 1.33 bits per heavy atom. The lowest BCUT2D eigenvalue weighted by Gasteiger charge is -2.20. The third-order valence-corrected chi connectivity index (χ3v) is 3.17. The molecular weight excluding hydrogens is 302 g/mol. The number of ether oxygens (including phenoxy) is 2. The summed E-state index contributed by atoms with van der Waals surface area (Å²) in [7, 11) is 0. The number of fused-ring (bicyclic) bond motifs is 1. The fourth-order valence-electron chi connectivity index (χ4n) is 1.71. The van der Waals surface area contributed by atoms with E-state index in [2.05, 4.69) is 21.2 Å². The second-order valence-electron chi connectivity index (χ2n) is 4.07. The van der Waals surface area contributed by atoms with Crippen LogP contribution in [0.15, 0.2) is 16.6 Å². The van der Waals surface area contributed by atoms with Gasteiger partial charge in [-0.2, -0.15) is 0 Å². The van der Waals surface area contributed by atoms with Crippen molar-refractivity contribution >= 4 is 15.9 Å². The van der Waals surface area contributed by atoms with Gasteiger partial charge in [0.2, 0.25) is 0 Å². The molecule has 0 saturated heterocycles. The van der Waals surface area contributed by atoms with Gasteiger partial charge in [0.1, 0.15) is 13.2 Å². The van der Waals surface area contributed by atoms with Crippen LogP contribution in [0.3, 0.4) is 0 Å². The summed E-state index contributed by atoms with van der Waals surface area (Å²) in [5.41, 5.74) is 1.02. The zero-order chi connectivity index (χ0) is 13.0. The van der Waals surface area contributed by atoms with Crippen molar-refractivity contribution in [2.24, 2.45) is 0 Å². The molecule has 100 valence electrons. The molecular formula is C12H16BrNO4. The fraction of sp³-hybridized carbons (Fsp3) is 0.500. The molecule has 2 rings (SSSR count). The van der Waals surface area contributed by atoms with Crippen LogP contribution in [0.4, 0.5) is 0 Å². The van der Waals surface area contributed by atoms with Gasteiger partial charge in [-0.15, -0.1) is 0 Å². The molecule has 1 aliphatic rings. The lowest BCUT2D eigenvalue weighted by Crippen LogP contribution is -2.29. The Balaban J connectivity index is 1.99. The van der Waals surface area contributed by atoms with E-state index in [4.69, 9.17) is 14.6 Å². The molecule has 1 aromatic rings. The minimum absolute atomic E-state index is 0.238. The van der Waals surface area contributed by atoms with Gasteiger partial charge in [-0.3, -0.25) is 0 Å². The normalized spacial score (nSPS) is 15.5. The van der Waals surface area contributed by atoms with E-state index in [1.165, 1.54) is 0 Å². The number of aliphatic hydroxyl groups is 2. The highest BCUT2D eigenvalue weighted by Crippen LogP contribution is 2.38. The van der Waals surface area contributed by atoms with Gasteiger partial charge in [0.25, 0.3) is 0 Å². The van der Waals surface area contributed by atoms with Gasteiger partial charge in [0.15, 0.2) is 11.5 Å². The first-order valence-corrected chi connectivity index (χ1v) is 6.57. The summed E-state index contributed by atoms with van der Waals surface area (Å²) in [4.78, 5) is 0. The van der Waals surface area contributed by atoms with Crippen LogP contribution >= 0.6 is 15.9 Å². The van der Waals surface area contributed by atoms with Crippen molar-refractivity contribution in [1.82, 2.24) is 5.32 Å². The highest BCUT2D eigenvalue weighted by molar-refractivity contribution is 9.10. The molecule has 0 saturated carbocycles. The van der Waals surface area contributed by atoms with Crippen molar-refractivity contribution in [3.8, 4) is 11.5 Å². The third-order valence-electron chi connectivity index (χ3n) is 2.58. The Hall–Kier alpha value is -0.820. The average molecular weight is 318 g/mol. The second kappa shape index (κ2) is 6.38. The van der Waals surface area contributed by atoms with Crippen molar-refractivity contribution in [2.75, 3.05) is 26.4 Å². The first kappa shape index (κ1) is 13.6. The Labute approximate surface area is 114 Å². The number of nitrogens with one attached hydrogen (secondary N) is 1. The number of rotatable bonds is 5. The molecule has 0 aromatic heterocycles.